The maximum atomic E-state index is 13.9. The summed E-state index contributed by atoms with van der Waals surface area (Å²) in [6.45, 7) is 3.28. The van der Waals surface area contributed by atoms with Crippen LogP contribution in [0.2, 0.25) is 0 Å². The highest BCUT2D eigenvalue weighted by Gasteiger charge is 2.40. The first-order valence-electron chi connectivity index (χ1n) is 11.6. The van der Waals surface area contributed by atoms with E-state index in [0.29, 0.717) is 47.9 Å². The fourth-order valence-corrected chi connectivity index (χ4v) is 5.51. The summed E-state index contributed by atoms with van der Waals surface area (Å²) in [6, 6.07) is 22.0. The van der Waals surface area contributed by atoms with Crippen molar-refractivity contribution in [2.75, 3.05) is 31.2 Å². The summed E-state index contributed by atoms with van der Waals surface area (Å²) >= 11 is 1.56. The van der Waals surface area contributed by atoms with Crippen molar-refractivity contribution in [2.45, 2.75) is 11.4 Å². The lowest BCUT2D eigenvalue weighted by molar-refractivity contribution is 0.0773. The predicted octanol–water partition coefficient (Wildman–Crippen LogP) is 4.59. The van der Waals surface area contributed by atoms with E-state index in [1.807, 2.05) is 29.2 Å². The molecule has 0 N–H and O–H groups in total. The van der Waals surface area contributed by atoms with Gasteiger partial charge in [0.2, 0.25) is 17.3 Å². The van der Waals surface area contributed by atoms with E-state index in [2.05, 4.69) is 10.4 Å². The molecule has 178 valence electrons. The Bertz CT molecular complexity index is 1450. The van der Waals surface area contributed by atoms with Crippen molar-refractivity contribution >= 4 is 29.2 Å². The number of allylic oxidation sites excluding steroid dienone is 2. The van der Waals surface area contributed by atoms with Crippen LogP contribution in [0.4, 0.5) is 5.69 Å². The molecule has 2 heterocycles. The Morgan fingerprint density at radius 1 is 0.889 bits per heavy atom. The number of rotatable bonds is 3. The van der Waals surface area contributed by atoms with E-state index in [9.17, 15) is 14.9 Å². The Morgan fingerprint density at radius 3 is 2.44 bits per heavy atom. The Kier molecular flexibility index (Phi) is 5.82. The van der Waals surface area contributed by atoms with Crippen LogP contribution >= 0.6 is 11.9 Å². The number of morpholine rings is 1. The zero-order valence-electron chi connectivity index (χ0n) is 19.3. The smallest absolute Gasteiger partial charge is 0.231 e. The number of benzene rings is 3. The number of nitrogens with zero attached hydrogens (tertiary/aromatic N) is 3. The van der Waals surface area contributed by atoms with Gasteiger partial charge in [-0.1, -0.05) is 18.2 Å². The molecule has 1 saturated heterocycles. The summed E-state index contributed by atoms with van der Waals surface area (Å²) in [7, 11) is 0. The van der Waals surface area contributed by atoms with E-state index in [-0.39, 0.29) is 23.0 Å². The summed E-state index contributed by atoms with van der Waals surface area (Å²) in [4.78, 5) is 30.4. The van der Waals surface area contributed by atoms with Gasteiger partial charge in [-0.3, -0.25) is 9.59 Å². The second kappa shape index (κ2) is 9.28. The molecular weight excluding hydrogens is 474 g/mol. The number of anilines is 1. The van der Waals surface area contributed by atoms with Crippen molar-refractivity contribution in [3.63, 3.8) is 0 Å². The van der Waals surface area contributed by atoms with Crippen molar-refractivity contribution in [2.24, 2.45) is 0 Å². The standard InChI is InChI=1S/C28H21N3O4S/c29-16-18-5-7-20(8-6-18)31-17-19-3-1-2-4-24(19)35-28-25(31)26(32)22-10-9-21(15-23(22)27(28)33)36-30-11-13-34-14-12-30/h1-10,15H,11-14,17H2. The Balaban J connectivity index is 1.44. The Labute approximate surface area is 212 Å². The zero-order chi connectivity index (χ0) is 24.6. The van der Waals surface area contributed by atoms with Crippen LogP contribution in [-0.2, 0) is 11.3 Å². The first kappa shape index (κ1) is 22.6. The van der Waals surface area contributed by atoms with Crippen molar-refractivity contribution in [3.05, 3.63) is 100 Å². The van der Waals surface area contributed by atoms with Crippen molar-refractivity contribution in [1.82, 2.24) is 4.31 Å². The molecule has 0 atom stereocenters. The predicted molar refractivity (Wildman–Crippen MR) is 135 cm³/mol. The minimum Gasteiger partial charge on any atom is -0.450 e. The van der Waals surface area contributed by atoms with Crippen LogP contribution in [0.15, 0.2) is 83.1 Å². The molecule has 7 nitrogen and oxygen atoms in total. The average Bonchev–Trinajstić information content (AvgIpc) is 3.10. The molecule has 3 aromatic carbocycles. The SMILES string of the molecule is N#Cc1ccc(N2Cc3ccccc3OC3=C2C(=O)c2ccc(SN4CCOCC4)cc2C3=O)cc1. The van der Waals surface area contributed by atoms with Gasteiger partial charge in [-0.25, -0.2) is 4.31 Å². The topological polar surface area (TPSA) is 82.9 Å². The van der Waals surface area contributed by atoms with E-state index in [4.69, 9.17) is 9.47 Å². The number of carbonyl (C=O) groups is 2. The van der Waals surface area contributed by atoms with Crippen LogP contribution in [0.3, 0.4) is 0 Å². The van der Waals surface area contributed by atoms with Gasteiger partial charge in [-0.15, -0.1) is 0 Å². The van der Waals surface area contributed by atoms with Gasteiger partial charge in [0.1, 0.15) is 11.4 Å². The average molecular weight is 496 g/mol. The van der Waals surface area contributed by atoms with Gasteiger partial charge in [0, 0.05) is 40.4 Å². The van der Waals surface area contributed by atoms with Crippen LogP contribution in [0.1, 0.15) is 31.8 Å². The van der Waals surface area contributed by atoms with Crippen LogP contribution in [-0.4, -0.2) is 42.2 Å². The molecule has 1 aliphatic carbocycles. The van der Waals surface area contributed by atoms with Crippen LogP contribution < -0.4 is 9.64 Å². The Morgan fingerprint density at radius 2 is 1.67 bits per heavy atom. The molecular formula is C28H21N3O4S. The minimum atomic E-state index is -0.320. The third-order valence-electron chi connectivity index (χ3n) is 6.41. The third-order valence-corrected chi connectivity index (χ3v) is 7.50. The number of hydrogen-bond acceptors (Lipinski definition) is 8. The summed E-state index contributed by atoms with van der Waals surface area (Å²) in [6.07, 6.45) is 0. The van der Waals surface area contributed by atoms with E-state index in [1.165, 1.54) is 0 Å². The minimum absolute atomic E-state index is 0.0235. The van der Waals surface area contributed by atoms with E-state index in [0.717, 1.165) is 23.5 Å². The fourth-order valence-electron chi connectivity index (χ4n) is 4.58. The molecule has 1 fully saturated rings. The highest BCUT2D eigenvalue weighted by Crippen LogP contribution is 2.39. The zero-order valence-corrected chi connectivity index (χ0v) is 20.1. The molecule has 0 unspecified atom stereocenters. The van der Waals surface area contributed by atoms with Crippen LogP contribution in [0.25, 0.3) is 0 Å². The van der Waals surface area contributed by atoms with Crippen molar-refractivity contribution < 1.29 is 19.1 Å². The summed E-state index contributed by atoms with van der Waals surface area (Å²) < 4.78 is 13.8. The largest absolute Gasteiger partial charge is 0.450 e. The molecule has 36 heavy (non-hydrogen) atoms. The lowest BCUT2D eigenvalue weighted by atomic mass is 9.90. The first-order valence-corrected chi connectivity index (χ1v) is 12.4. The Hall–Kier alpha value is -3.90. The van der Waals surface area contributed by atoms with Crippen LogP contribution in [0.5, 0.6) is 5.75 Å². The van der Waals surface area contributed by atoms with Gasteiger partial charge in [0.25, 0.3) is 0 Å². The van der Waals surface area contributed by atoms with Gasteiger partial charge < -0.3 is 14.4 Å². The number of ether oxygens (including phenoxy) is 2. The summed E-state index contributed by atoms with van der Waals surface area (Å²) in [5.41, 5.74) is 2.98. The van der Waals surface area contributed by atoms with Gasteiger partial charge in [0.05, 0.1) is 31.4 Å². The molecule has 0 amide bonds. The number of carbonyl (C=O) groups excluding carboxylic acids is 2. The van der Waals surface area contributed by atoms with E-state index >= 15 is 0 Å². The van der Waals surface area contributed by atoms with Crippen LogP contribution in [0, 0.1) is 11.3 Å². The highest BCUT2D eigenvalue weighted by atomic mass is 32.2. The normalized spacial score (nSPS) is 17.5. The van der Waals surface area contributed by atoms with E-state index in [1.54, 1.807) is 54.4 Å². The molecule has 3 aromatic rings. The van der Waals surface area contributed by atoms with Crippen molar-refractivity contribution in [1.29, 1.82) is 5.26 Å². The first-order chi connectivity index (χ1) is 17.6. The van der Waals surface area contributed by atoms with E-state index < -0.39 is 0 Å². The second-order valence-electron chi connectivity index (χ2n) is 8.63. The molecule has 0 saturated carbocycles. The molecule has 0 bridgehead atoms. The number of fused-ring (bicyclic) bond motifs is 2. The third kappa shape index (κ3) is 3.97. The summed E-state index contributed by atoms with van der Waals surface area (Å²) in [5, 5.41) is 9.21. The quantitative estimate of drug-likeness (QED) is 0.488. The van der Waals surface area contributed by atoms with Gasteiger partial charge in [-0.05, 0) is 60.5 Å². The lowest BCUT2D eigenvalue weighted by Crippen LogP contribution is -2.34. The van der Waals surface area contributed by atoms with Crippen molar-refractivity contribution in [3.8, 4) is 11.8 Å². The number of para-hydroxylation sites is 1. The van der Waals surface area contributed by atoms with Gasteiger partial charge >= 0.3 is 0 Å². The fraction of sp³-hybridized carbons (Fsp3) is 0.179. The molecule has 3 aliphatic rings. The molecule has 8 heteroatoms. The number of nitriles is 1. The molecule has 6 rings (SSSR count). The maximum absolute atomic E-state index is 13.9. The number of ketones is 2. The number of hydrogen-bond donors (Lipinski definition) is 0. The number of Topliss-reactive ketones (excluding diaryl/α,β-unsaturated/α-hetero) is 2. The summed E-state index contributed by atoms with van der Waals surface area (Å²) in [5.74, 6) is -0.0148. The molecule has 0 spiro atoms. The molecule has 0 aromatic heterocycles. The maximum Gasteiger partial charge on any atom is 0.231 e. The lowest BCUT2D eigenvalue weighted by Gasteiger charge is -2.29. The monoisotopic (exact) mass is 495 g/mol. The van der Waals surface area contributed by atoms with Gasteiger partial charge in [-0.2, -0.15) is 5.26 Å². The van der Waals surface area contributed by atoms with Gasteiger partial charge in [0.15, 0.2) is 0 Å². The molecule has 0 radical (unpaired) electrons. The highest BCUT2D eigenvalue weighted by molar-refractivity contribution is 7.97. The second-order valence-corrected chi connectivity index (χ2v) is 9.80. The molecule has 2 aliphatic heterocycles.